The number of carbonyl (C=O) groups is 2. The fourth-order valence-electron chi connectivity index (χ4n) is 3.90. The van der Waals surface area contributed by atoms with Crippen LogP contribution in [0.5, 0.6) is 11.5 Å². The van der Waals surface area contributed by atoms with Crippen LogP contribution in [0.4, 0.5) is 5.95 Å². The number of anilines is 1. The van der Waals surface area contributed by atoms with E-state index in [4.69, 9.17) is 26.1 Å². The van der Waals surface area contributed by atoms with Gasteiger partial charge in [-0.2, -0.15) is 0 Å². The molecule has 1 aromatic heterocycles. The Hall–Kier alpha value is -4.30. The Morgan fingerprint density at radius 2 is 1.66 bits per heavy atom. The van der Waals surface area contributed by atoms with Gasteiger partial charge in [-0.3, -0.25) is 19.5 Å². The van der Waals surface area contributed by atoms with Crippen molar-refractivity contribution in [1.82, 2.24) is 14.5 Å². The molecule has 0 atom stereocenters. The Morgan fingerprint density at radius 3 is 2.29 bits per heavy atom. The molecule has 0 aliphatic rings. The zero-order valence-electron chi connectivity index (χ0n) is 21.6. The number of carbonyl (C=O) groups excluding carboxylic acids is 2. The molecule has 0 aliphatic carbocycles. The number of rotatable bonds is 9. The van der Waals surface area contributed by atoms with Gasteiger partial charge in [0.05, 0.1) is 19.9 Å². The van der Waals surface area contributed by atoms with E-state index in [0.29, 0.717) is 33.7 Å². The Balaban J connectivity index is 1.63. The maximum absolute atomic E-state index is 13.2. The number of halogens is 1. The predicted octanol–water partition coefficient (Wildman–Crippen LogP) is 5.70. The van der Waals surface area contributed by atoms with Gasteiger partial charge in [0.15, 0.2) is 0 Å². The number of methoxy groups -OCH3 is 2. The first-order chi connectivity index (χ1) is 18.3. The molecule has 0 bridgehead atoms. The van der Waals surface area contributed by atoms with Gasteiger partial charge in [-0.25, -0.2) is 4.98 Å². The monoisotopic (exact) mass is 532 g/mol. The van der Waals surface area contributed by atoms with Crippen LogP contribution in [-0.2, 0) is 4.79 Å². The van der Waals surface area contributed by atoms with Crippen LogP contribution in [0.15, 0.2) is 79.0 Å². The number of ether oxygens (including phenoxy) is 2. The first kappa shape index (κ1) is 26.8. The largest absolute Gasteiger partial charge is 0.497 e. The molecule has 8 nitrogen and oxygen atoms in total. The minimum atomic E-state index is -0.376. The molecule has 3 aromatic carbocycles. The van der Waals surface area contributed by atoms with E-state index in [-0.39, 0.29) is 24.4 Å². The molecule has 1 heterocycles. The summed E-state index contributed by atoms with van der Waals surface area (Å²) in [5, 5.41) is 3.43. The third-order valence-electron chi connectivity index (χ3n) is 5.96. The summed E-state index contributed by atoms with van der Waals surface area (Å²) in [7, 11) is 3.21. The topological polar surface area (TPSA) is 85.7 Å². The molecule has 0 fully saturated rings. The fourth-order valence-corrected chi connectivity index (χ4v) is 4.02. The van der Waals surface area contributed by atoms with Crippen LogP contribution < -0.4 is 14.8 Å². The van der Waals surface area contributed by atoms with Gasteiger partial charge >= 0.3 is 0 Å². The number of benzene rings is 3. The van der Waals surface area contributed by atoms with Crippen molar-refractivity contribution in [2.45, 2.75) is 19.9 Å². The molecule has 1 N–H and O–H groups in total. The SMILES string of the molecule is COc1ccc(-n2cc(-c3cccc(OC)c3)nc2NC(=O)CN(C(=O)c2ccc(Cl)cc2)C(C)C)cc1. The van der Waals surface area contributed by atoms with Crippen molar-refractivity contribution in [2.24, 2.45) is 0 Å². The van der Waals surface area contributed by atoms with E-state index >= 15 is 0 Å². The summed E-state index contributed by atoms with van der Waals surface area (Å²) >= 11 is 5.97. The molecule has 4 aromatic rings. The number of nitrogens with one attached hydrogen (secondary N) is 1. The lowest BCUT2D eigenvalue weighted by atomic mass is 10.1. The number of hydrogen-bond donors (Lipinski definition) is 1. The number of nitrogens with zero attached hydrogens (tertiary/aromatic N) is 3. The van der Waals surface area contributed by atoms with E-state index in [1.165, 1.54) is 4.90 Å². The van der Waals surface area contributed by atoms with Gasteiger partial charge in [0.2, 0.25) is 11.9 Å². The predicted molar refractivity (Wildman–Crippen MR) is 148 cm³/mol. The second-order valence-electron chi connectivity index (χ2n) is 8.83. The van der Waals surface area contributed by atoms with Crippen molar-refractivity contribution in [1.29, 1.82) is 0 Å². The summed E-state index contributed by atoms with van der Waals surface area (Å²) in [6.07, 6.45) is 1.84. The maximum Gasteiger partial charge on any atom is 0.254 e. The van der Waals surface area contributed by atoms with Crippen LogP contribution in [0, 0.1) is 0 Å². The van der Waals surface area contributed by atoms with E-state index in [9.17, 15) is 9.59 Å². The molecule has 0 radical (unpaired) electrons. The standard InChI is InChI=1S/C29H29ClN4O4/c1-19(2)33(28(36)20-8-10-22(30)11-9-20)18-27(35)32-29-31-26(21-6-5-7-25(16-21)38-4)17-34(29)23-12-14-24(37-3)15-13-23/h5-17,19H,18H2,1-4H3,(H,31,32,35). The lowest BCUT2D eigenvalue weighted by molar-refractivity contribution is -0.117. The molecule has 9 heteroatoms. The first-order valence-electron chi connectivity index (χ1n) is 12.0. The van der Waals surface area contributed by atoms with Crippen molar-refractivity contribution >= 4 is 29.4 Å². The van der Waals surface area contributed by atoms with E-state index in [1.54, 1.807) is 43.1 Å². The lowest BCUT2D eigenvalue weighted by Gasteiger charge is -2.26. The molecule has 0 saturated carbocycles. The van der Waals surface area contributed by atoms with Crippen LogP contribution in [0.2, 0.25) is 5.02 Å². The average Bonchev–Trinajstić information content (AvgIpc) is 3.35. The molecule has 0 aliphatic heterocycles. The minimum absolute atomic E-state index is 0.150. The fraction of sp³-hybridized carbons (Fsp3) is 0.207. The smallest absolute Gasteiger partial charge is 0.254 e. The number of imidazole rings is 1. The molecule has 0 spiro atoms. The zero-order chi connectivity index (χ0) is 27.2. The van der Waals surface area contributed by atoms with Crippen LogP contribution in [0.3, 0.4) is 0 Å². The number of amides is 2. The normalized spacial score (nSPS) is 10.8. The van der Waals surface area contributed by atoms with E-state index in [2.05, 4.69) is 5.32 Å². The minimum Gasteiger partial charge on any atom is -0.497 e. The Labute approximate surface area is 226 Å². The maximum atomic E-state index is 13.2. The van der Waals surface area contributed by atoms with Crippen LogP contribution >= 0.6 is 11.6 Å². The Bertz CT molecular complexity index is 1420. The summed E-state index contributed by atoms with van der Waals surface area (Å²) in [5.41, 5.74) is 2.71. The summed E-state index contributed by atoms with van der Waals surface area (Å²) in [4.78, 5) is 32.6. The van der Waals surface area contributed by atoms with E-state index < -0.39 is 0 Å². The third kappa shape index (κ3) is 6.15. The molecule has 38 heavy (non-hydrogen) atoms. The highest BCUT2D eigenvalue weighted by atomic mass is 35.5. The first-order valence-corrected chi connectivity index (χ1v) is 12.4. The molecular weight excluding hydrogens is 504 g/mol. The second-order valence-corrected chi connectivity index (χ2v) is 9.27. The quantitative estimate of drug-likeness (QED) is 0.299. The van der Waals surface area contributed by atoms with Crippen LogP contribution in [0.1, 0.15) is 24.2 Å². The van der Waals surface area contributed by atoms with E-state index in [1.807, 2.05) is 68.6 Å². The van der Waals surface area contributed by atoms with Gasteiger partial charge in [0.1, 0.15) is 18.0 Å². The van der Waals surface area contributed by atoms with Crippen molar-refractivity contribution in [3.05, 3.63) is 89.6 Å². The Morgan fingerprint density at radius 1 is 0.974 bits per heavy atom. The lowest BCUT2D eigenvalue weighted by Crippen LogP contribution is -2.42. The van der Waals surface area contributed by atoms with Gasteiger partial charge in [0, 0.05) is 34.1 Å². The van der Waals surface area contributed by atoms with Gasteiger partial charge in [-0.05, 0) is 74.5 Å². The molecular formula is C29H29ClN4O4. The highest BCUT2D eigenvalue weighted by molar-refractivity contribution is 6.30. The number of hydrogen-bond acceptors (Lipinski definition) is 5. The second kappa shape index (κ2) is 11.8. The van der Waals surface area contributed by atoms with Crippen molar-refractivity contribution < 1.29 is 19.1 Å². The summed E-state index contributed by atoms with van der Waals surface area (Å²) in [6.45, 7) is 3.57. The van der Waals surface area contributed by atoms with Gasteiger partial charge in [-0.15, -0.1) is 0 Å². The number of aromatic nitrogens is 2. The zero-order valence-corrected chi connectivity index (χ0v) is 22.4. The molecule has 2 amide bonds. The van der Waals surface area contributed by atoms with E-state index in [0.717, 1.165) is 11.3 Å². The van der Waals surface area contributed by atoms with Crippen LogP contribution in [-0.4, -0.2) is 53.1 Å². The highest BCUT2D eigenvalue weighted by Crippen LogP contribution is 2.28. The molecule has 196 valence electrons. The van der Waals surface area contributed by atoms with Gasteiger partial charge in [-0.1, -0.05) is 23.7 Å². The third-order valence-corrected chi connectivity index (χ3v) is 6.21. The molecule has 0 saturated heterocycles. The van der Waals surface area contributed by atoms with Crippen molar-refractivity contribution in [3.8, 4) is 28.4 Å². The average molecular weight is 533 g/mol. The summed E-state index contributed by atoms with van der Waals surface area (Å²) in [5.74, 6) is 1.09. The summed E-state index contributed by atoms with van der Waals surface area (Å²) < 4.78 is 12.4. The van der Waals surface area contributed by atoms with Gasteiger partial charge < -0.3 is 14.4 Å². The van der Waals surface area contributed by atoms with Crippen molar-refractivity contribution in [2.75, 3.05) is 26.1 Å². The van der Waals surface area contributed by atoms with Gasteiger partial charge in [0.25, 0.3) is 5.91 Å². The summed E-state index contributed by atoms with van der Waals surface area (Å²) in [6, 6.07) is 21.3. The highest BCUT2D eigenvalue weighted by Gasteiger charge is 2.23. The Kier molecular flexibility index (Phi) is 8.33. The molecule has 4 rings (SSSR count). The van der Waals surface area contributed by atoms with Crippen LogP contribution in [0.25, 0.3) is 16.9 Å². The molecule has 0 unspecified atom stereocenters. The van der Waals surface area contributed by atoms with Crippen molar-refractivity contribution in [3.63, 3.8) is 0 Å².